The molecule has 1 fully saturated rings. The normalized spacial score (nSPS) is 16.4. The molecule has 25 heavy (non-hydrogen) atoms. The monoisotopic (exact) mass is 405 g/mol. The standard InChI is InChI=1S/C17H20FN3OS.2ClH/c18-13-5-3-12(4-6-13)8-17-21-15(11-23-17)9-16(22)20-14-2-1-7-19-10-14;;/h3-6,11,14,19H,1-2,7-10H2,(H,20,22);2*1H/t14-;;/m0../s1. The lowest BCUT2D eigenvalue weighted by Gasteiger charge is -2.23. The van der Waals surface area contributed by atoms with Crippen LogP contribution in [0.2, 0.25) is 0 Å². The number of rotatable bonds is 5. The third-order valence-corrected chi connectivity index (χ3v) is 4.77. The molecule has 8 heteroatoms. The fourth-order valence-electron chi connectivity index (χ4n) is 2.71. The predicted octanol–water partition coefficient (Wildman–Crippen LogP) is 3.13. The number of piperidine rings is 1. The maximum atomic E-state index is 12.9. The van der Waals surface area contributed by atoms with Crippen molar-refractivity contribution in [2.24, 2.45) is 0 Å². The average molecular weight is 406 g/mol. The minimum Gasteiger partial charge on any atom is -0.352 e. The summed E-state index contributed by atoms with van der Waals surface area (Å²) in [6.45, 7) is 1.88. The van der Waals surface area contributed by atoms with E-state index in [9.17, 15) is 9.18 Å². The number of hydrogen-bond donors (Lipinski definition) is 2. The lowest BCUT2D eigenvalue weighted by Crippen LogP contribution is -2.46. The predicted molar refractivity (Wildman–Crippen MR) is 104 cm³/mol. The summed E-state index contributed by atoms with van der Waals surface area (Å²) in [6, 6.07) is 6.66. The molecule has 0 bridgehead atoms. The van der Waals surface area contributed by atoms with Crippen LogP contribution in [0.4, 0.5) is 4.39 Å². The van der Waals surface area contributed by atoms with Crippen LogP contribution in [-0.4, -0.2) is 30.0 Å². The Bertz CT molecular complexity index is 660. The molecule has 1 aliphatic heterocycles. The number of carbonyl (C=O) groups excluding carboxylic acids is 1. The molecule has 3 rings (SSSR count). The first-order chi connectivity index (χ1) is 11.2. The zero-order valence-electron chi connectivity index (χ0n) is 13.7. The maximum Gasteiger partial charge on any atom is 0.226 e. The summed E-state index contributed by atoms with van der Waals surface area (Å²) in [5.74, 6) is -0.209. The van der Waals surface area contributed by atoms with Crippen LogP contribution in [-0.2, 0) is 17.6 Å². The lowest BCUT2D eigenvalue weighted by atomic mass is 10.1. The van der Waals surface area contributed by atoms with E-state index in [1.54, 1.807) is 12.1 Å². The fourth-order valence-corrected chi connectivity index (χ4v) is 3.53. The number of nitrogens with one attached hydrogen (secondary N) is 2. The molecule has 1 atom stereocenters. The van der Waals surface area contributed by atoms with Crippen LogP contribution < -0.4 is 10.6 Å². The zero-order valence-corrected chi connectivity index (χ0v) is 16.1. The topological polar surface area (TPSA) is 54.0 Å². The van der Waals surface area contributed by atoms with Gasteiger partial charge in [-0.25, -0.2) is 9.37 Å². The van der Waals surface area contributed by atoms with Crippen LogP contribution in [0.15, 0.2) is 29.6 Å². The second-order valence-corrected chi connectivity index (χ2v) is 6.77. The zero-order chi connectivity index (χ0) is 16.1. The number of thiazole rings is 1. The van der Waals surface area contributed by atoms with Crippen molar-refractivity contribution in [2.75, 3.05) is 13.1 Å². The number of amides is 1. The highest BCUT2D eigenvalue weighted by atomic mass is 35.5. The molecule has 1 aromatic heterocycles. The number of carbonyl (C=O) groups is 1. The molecule has 0 radical (unpaired) electrons. The van der Waals surface area contributed by atoms with Crippen molar-refractivity contribution in [1.29, 1.82) is 0 Å². The van der Waals surface area contributed by atoms with Gasteiger partial charge in [0.15, 0.2) is 0 Å². The van der Waals surface area contributed by atoms with E-state index >= 15 is 0 Å². The van der Waals surface area contributed by atoms with E-state index in [-0.39, 0.29) is 42.6 Å². The van der Waals surface area contributed by atoms with Crippen molar-refractivity contribution < 1.29 is 9.18 Å². The van der Waals surface area contributed by atoms with Crippen molar-refractivity contribution >= 4 is 42.1 Å². The minimum atomic E-state index is -0.234. The molecule has 2 aromatic rings. The van der Waals surface area contributed by atoms with Crippen LogP contribution in [0.25, 0.3) is 0 Å². The van der Waals surface area contributed by atoms with Gasteiger partial charge in [-0.05, 0) is 37.1 Å². The SMILES string of the molecule is Cl.Cl.O=C(Cc1csc(Cc2ccc(F)cc2)n1)N[C@H]1CCCNC1. The lowest BCUT2D eigenvalue weighted by molar-refractivity contribution is -0.121. The van der Waals surface area contributed by atoms with Crippen molar-refractivity contribution in [1.82, 2.24) is 15.6 Å². The summed E-state index contributed by atoms with van der Waals surface area (Å²) >= 11 is 1.54. The second kappa shape index (κ2) is 10.7. The summed E-state index contributed by atoms with van der Waals surface area (Å²) in [5, 5.41) is 9.21. The fraction of sp³-hybridized carbons (Fsp3) is 0.412. The van der Waals surface area contributed by atoms with Gasteiger partial charge < -0.3 is 10.6 Å². The van der Waals surface area contributed by atoms with E-state index in [2.05, 4.69) is 15.6 Å². The molecule has 0 aliphatic carbocycles. The molecule has 1 aliphatic rings. The highest BCUT2D eigenvalue weighted by molar-refractivity contribution is 7.09. The summed E-state index contributed by atoms with van der Waals surface area (Å²) in [5.41, 5.74) is 1.82. The average Bonchev–Trinajstić information content (AvgIpc) is 2.97. The van der Waals surface area contributed by atoms with Crippen LogP contribution in [0, 0.1) is 5.82 Å². The molecular formula is C17H22Cl2FN3OS. The van der Waals surface area contributed by atoms with Crippen LogP contribution in [0.5, 0.6) is 0 Å². The van der Waals surface area contributed by atoms with Crippen LogP contribution >= 0.6 is 36.2 Å². The Kier molecular flexibility index (Phi) is 9.35. The van der Waals surface area contributed by atoms with E-state index in [1.165, 1.54) is 23.5 Å². The van der Waals surface area contributed by atoms with E-state index in [1.807, 2.05) is 5.38 Å². The van der Waals surface area contributed by atoms with Crippen molar-refractivity contribution in [3.63, 3.8) is 0 Å². The Labute approximate surface area is 163 Å². The van der Waals surface area contributed by atoms with Gasteiger partial charge in [0.25, 0.3) is 0 Å². The first kappa shape index (κ1) is 21.8. The van der Waals surface area contributed by atoms with Crippen molar-refractivity contribution in [3.05, 3.63) is 51.7 Å². The molecule has 4 nitrogen and oxygen atoms in total. The van der Waals surface area contributed by atoms with Gasteiger partial charge in [0.2, 0.25) is 5.91 Å². The molecule has 2 heterocycles. The van der Waals surface area contributed by atoms with Gasteiger partial charge in [-0.3, -0.25) is 4.79 Å². The van der Waals surface area contributed by atoms with E-state index < -0.39 is 0 Å². The first-order valence-electron chi connectivity index (χ1n) is 7.87. The third-order valence-electron chi connectivity index (χ3n) is 3.87. The Morgan fingerprint density at radius 2 is 2.08 bits per heavy atom. The molecule has 1 amide bonds. The first-order valence-corrected chi connectivity index (χ1v) is 8.75. The van der Waals surface area contributed by atoms with Crippen molar-refractivity contribution in [3.8, 4) is 0 Å². The van der Waals surface area contributed by atoms with Gasteiger partial charge in [-0.2, -0.15) is 0 Å². The Hall–Kier alpha value is -1.21. The van der Waals surface area contributed by atoms with E-state index in [0.717, 1.165) is 42.2 Å². The quantitative estimate of drug-likeness (QED) is 0.803. The van der Waals surface area contributed by atoms with Crippen LogP contribution in [0.1, 0.15) is 29.1 Å². The largest absolute Gasteiger partial charge is 0.352 e. The summed E-state index contributed by atoms with van der Waals surface area (Å²) in [6.07, 6.45) is 3.12. The highest BCUT2D eigenvalue weighted by Gasteiger charge is 2.16. The second-order valence-electron chi connectivity index (χ2n) is 5.82. The summed E-state index contributed by atoms with van der Waals surface area (Å²) < 4.78 is 12.9. The number of nitrogens with zero attached hydrogens (tertiary/aromatic N) is 1. The maximum absolute atomic E-state index is 12.9. The van der Waals surface area contributed by atoms with Gasteiger partial charge in [0.1, 0.15) is 5.82 Å². The molecule has 2 N–H and O–H groups in total. The number of hydrogen-bond acceptors (Lipinski definition) is 4. The van der Waals surface area contributed by atoms with Gasteiger partial charge >= 0.3 is 0 Å². The number of benzene rings is 1. The minimum absolute atomic E-state index is 0. The smallest absolute Gasteiger partial charge is 0.226 e. The number of aromatic nitrogens is 1. The molecule has 1 aromatic carbocycles. The molecule has 0 unspecified atom stereocenters. The van der Waals surface area contributed by atoms with Crippen LogP contribution in [0.3, 0.4) is 0 Å². The summed E-state index contributed by atoms with van der Waals surface area (Å²) in [4.78, 5) is 16.6. The van der Waals surface area contributed by atoms with Crippen molar-refractivity contribution in [2.45, 2.75) is 31.7 Å². The van der Waals surface area contributed by atoms with E-state index in [0.29, 0.717) is 12.8 Å². The Morgan fingerprint density at radius 3 is 2.76 bits per heavy atom. The number of halogens is 3. The van der Waals surface area contributed by atoms with Gasteiger partial charge in [-0.15, -0.1) is 36.2 Å². The molecule has 1 saturated heterocycles. The molecule has 138 valence electrons. The van der Waals surface area contributed by atoms with Gasteiger partial charge in [-0.1, -0.05) is 12.1 Å². The highest BCUT2D eigenvalue weighted by Crippen LogP contribution is 2.16. The van der Waals surface area contributed by atoms with E-state index in [4.69, 9.17) is 0 Å². The van der Waals surface area contributed by atoms with Gasteiger partial charge in [0.05, 0.1) is 17.1 Å². The van der Waals surface area contributed by atoms with Gasteiger partial charge in [0, 0.05) is 24.4 Å². The Morgan fingerprint density at radius 1 is 1.32 bits per heavy atom. The summed E-state index contributed by atoms with van der Waals surface area (Å²) in [7, 11) is 0. The third kappa shape index (κ3) is 6.90. The molecule has 0 spiro atoms. The Balaban J connectivity index is 0.00000156. The molecule has 0 saturated carbocycles. The molecular weight excluding hydrogens is 384 g/mol.